The van der Waals surface area contributed by atoms with Gasteiger partial charge in [-0.25, -0.2) is 0 Å². The Morgan fingerprint density at radius 2 is 1.64 bits per heavy atom. The number of carbonyl (C=O) groups excluding carboxylic acids is 1. The van der Waals surface area contributed by atoms with E-state index in [1.165, 1.54) is 6.08 Å². The molecule has 1 amide bonds. The number of benzene rings is 2. The lowest BCUT2D eigenvalue weighted by molar-refractivity contribution is -0.116. The fourth-order valence-corrected chi connectivity index (χ4v) is 2.82. The number of ether oxygens (including phenoxy) is 3. The molecule has 0 aliphatic heterocycles. The summed E-state index contributed by atoms with van der Waals surface area (Å²) in [6, 6.07) is 13.3. The summed E-state index contributed by atoms with van der Waals surface area (Å²) >= 11 is 0. The maximum absolute atomic E-state index is 12.3. The van der Waals surface area contributed by atoms with Crippen molar-refractivity contribution >= 4 is 12.0 Å². The number of amides is 1. The van der Waals surface area contributed by atoms with Gasteiger partial charge in [0.25, 0.3) is 0 Å². The Morgan fingerprint density at radius 1 is 1.00 bits per heavy atom. The largest absolute Gasteiger partial charge is 0.497 e. The first-order valence-corrected chi connectivity index (χ1v) is 8.96. The van der Waals surface area contributed by atoms with E-state index in [2.05, 4.69) is 10.2 Å². The zero-order valence-corrected chi connectivity index (χ0v) is 17.1. The Morgan fingerprint density at radius 3 is 2.21 bits per heavy atom. The van der Waals surface area contributed by atoms with E-state index in [0.717, 1.165) is 16.9 Å². The van der Waals surface area contributed by atoms with Crippen LogP contribution in [0.25, 0.3) is 6.08 Å². The van der Waals surface area contributed by atoms with Crippen LogP contribution in [-0.4, -0.2) is 52.8 Å². The lowest BCUT2D eigenvalue weighted by atomic mass is 10.1. The van der Waals surface area contributed by atoms with Crippen LogP contribution in [0, 0.1) is 0 Å². The van der Waals surface area contributed by atoms with Crippen molar-refractivity contribution in [2.75, 3.05) is 42.0 Å². The minimum absolute atomic E-state index is 0.0506. The van der Waals surface area contributed by atoms with Crippen LogP contribution in [0.3, 0.4) is 0 Å². The summed E-state index contributed by atoms with van der Waals surface area (Å²) in [5.41, 5.74) is 1.88. The summed E-state index contributed by atoms with van der Waals surface area (Å²) in [6.45, 7) is 0.484. The third-order valence-electron chi connectivity index (χ3n) is 4.44. The van der Waals surface area contributed by atoms with Gasteiger partial charge in [0.1, 0.15) is 17.2 Å². The number of hydrogen-bond donors (Lipinski definition) is 1. The van der Waals surface area contributed by atoms with Crippen LogP contribution < -0.4 is 19.5 Å². The topological polar surface area (TPSA) is 60.0 Å². The average molecular weight is 384 g/mol. The zero-order valence-electron chi connectivity index (χ0n) is 17.1. The van der Waals surface area contributed by atoms with Gasteiger partial charge in [0.15, 0.2) is 0 Å². The van der Waals surface area contributed by atoms with Crippen LogP contribution >= 0.6 is 0 Å². The molecular formula is C22H28N2O4. The van der Waals surface area contributed by atoms with Crippen molar-refractivity contribution in [3.05, 3.63) is 59.7 Å². The molecule has 1 N–H and O–H groups in total. The monoisotopic (exact) mass is 384 g/mol. The molecule has 1 unspecified atom stereocenters. The second-order valence-electron chi connectivity index (χ2n) is 6.44. The highest BCUT2D eigenvalue weighted by Gasteiger charge is 2.15. The molecule has 0 radical (unpaired) electrons. The molecule has 0 aliphatic carbocycles. The van der Waals surface area contributed by atoms with Crippen molar-refractivity contribution in [3.63, 3.8) is 0 Å². The van der Waals surface area contributed by atoms with Crippen LogP contribution in [0.2, 0.25) is 0 Å². The molecule has 0 bridgehead atoms. The van der Waals surface area contributed by atoms with Gasteiger partial charge in [-0.3, -0.25) is 4.79 Å². The number of carbonyl (C=O) groups is 1. The lowest BCUT2D eigenvalue weighted by Crippen LogP contribution is -2.33. The van der Waals surface area contributed by atoms with Crippen molar-refractivity contribution in [1.82, 2.24) is 10.2 Å². The first-order chi connectivity index (χ1) is 13.5. The highest BCUT2D eigenvalue weighted by Crippen LogP contribution is 2.25. The number of nitrogens with one attached hydrogen (secondary N) is 1. The first-order valence-electron chi connectivity index (χ1n) is 8.96. The zero-order chi connectivity index (χ0) is 20.5. The van der Waals surface area contributed by atoms with E-state index in [4.69, 9.17) is 14.2 Å². The van der Waals surface area contributed by atoms with Gasteiger partial charge in [-0.05, 0) is 56.1 Å². The van der Waals surface area contributed by atoms with Crippen molar-refractivity contribution in [3.8, 4) is 17.2 Å². The Bertz CT molecular complexity index is 801. The molecule has 2 aromatic carbocycles. The summed E-state index contributed by atoms with van der Waals surface area (Å²) in [7, 11) is 8.80. The van der Waals surface area contributed by atoms with Gasteiger partial charge >= 0.3 is 0 Å². The fourth-order valence-electron chi connectivity index (χ4n) is 2.82. The number of methoxy groups -OCH3 is 3. The molecule has 6 heteroatoms. The molecule has 6 nitrogen and oxygen atoms in total. The predicted molar refractivity (Wildman–Crippen MR) is 111 cm³/mol. The first kappa shape index (κ1) is 21.3. The smallest absolute Gasteiger partial charge is 0.244 e. The van der Waals surface area contributed by atoms with Gasteiger partial charge in [0.05, 0.1) is 27.4 Å². The molecule has 0 heterocycles. The number of nitrogens with zero attached hydrogens (tertiary/aromatic N) is 1. The molecule has 1 atom stereocenters. The van der Waals surface area contributed by atoms with Gasteiger partial charge in [-0.15, -0.1) is 0 Å². The van der Waals surface area contributed by atoms with E-state index in [1.807, 2.05) is 56.6 Å². The van der Waals surface area contributed by atoms with Gasteiger partial charge < -0.3 is 24.4 Å². The van der Waals surface area contributed by atoms with Crippen LogP contribution in [-0.2, 0) is 4.79 Å². The molecule has 0 saturated carbocycles. The maximum atomic E-state index is 12.3. The molecule has 0 spiro atoms. The SMILES string of the molecule is COc1ccc(C(CNC(=O)/C=C/c2cc(OC)ccc2OC)N(C)C)cc1. The van der Waals surface area contributed by atoms with E-state index >= 15 is 0 Å². The lowest BCUT2D eigenvalue weighted by Gasteiger charge is -2.25. The number of likely N-dealkylation sites (N-methyl/N-ethyl adjacent to an activating group) is 1. The Labute approximate surface area is 166 Å². The molecular weight excluding hydrogens is 356 g/mol. The summed E-state index contributed by atoms with van der Waals surface area (Å²) < 4.78 is 15.8. The number of hydrogen-bond acceptors (Lipinski definition) is 5. The van der Waals surface area contributed by atoms with Crippen LogP contribution in [0.1, 0.15) is 17.2 Å². The Hall–Kier alpha value is -2.99. The third kappa shape index (κ3) is 5.76. The van der Waals surface area contributed by atoms with Crippen molar-refractivity contribution < 1.29 is 19.0 Å². The van der Waals surface area contributed by atoms with E-state index in [9.17, 15) is 4.79 Å². The number of rotatable bonds is 9. The Balaban J connectivity index is 2.04. The quantitative estimate of drug-likeness (QED) is 0.673. The molecule has 150 valence electrons. The minimum atomic E-state index is -0.176. The van der Waals surface area contributed by atoms with Gasteiger partial charge in [0, 0.05) is 18.2 Å². The Kier molecular flexibility index (Phi) is 7.89. The highest BCUT2D eigenvalue weighted by molar-refractivity contribution is 5.92. The van der Waals surface area contributed by atoms with E-state index in [0.29, 0.717) is 18.0 Å². The van der Waals surface area contributed by atoms with Gasteiger partial charge in [-0.1, -0.05) is 12.1 Å². The molecule has 0 saturated heterocycles. The van der Waals surface area contributed by atoms with E-state index in [1.54, 1.807) is 27.4 Å². The predicted octanol–water partition coefficient (Wildman–Crippen LogP) is 3.14. The van der Waals surface area contributed by atoms with Crippen molar-refractivity contribution in [2.45, 2.75) is 6.04 Å². The highest BCUT2D eigenvalue weighted by atomic mass is 16.5. The van der Waals surface area contributed by atoms with Crippen molar-refractivity contribution in [1.29, 1.82) is 0 Å². The average Bonchev–Trinajstić information content (AvgIpc) is 2.72. The summed E-state index contributed by atoms with van der Waals surface area (Å²) in [4.78, 5) is 14.4. The summed E-state index contributed by atoms with van der Waals surface area (Å²) in [6.07, 6.45) is 3.22. The molecule has 0 fully saturated rings. The second-order valence-corrected chi connectivity index (χ2v) is 6.44. The van der Waals surface area contributed by atoms with E-state index < -0.39 is 0 Å². The minimum Gasteiger partial charge on any atom is -0.497 e. The van der Waals surface area contributed by atoms with Crippen LogP contribution in [0.5, 0.6) is 17.2 Å². The summed E-state index contributed by atoms with van der Waals surface area (Å²) in [5.74, 6) is 2.01. The molecule has 28 heavy (non-hydrogen) atoms. The normalized spacial score (nSPS) is 12.1. The van der Waals surface area contributed by atoms with Crippen molar-refractivity contribution in [2.24, 2.45) is 0 Å². The van der Waals surface area contributed by atoms with Gasteiger partial charge in [-0.2, -0.15) is 0 Å². The second kappa shape index (κ2) is 10.4. The van der Waals surface area contributed by atoms with Gasteiger partial charge in [0.2, 0.25) is 5.91 Å². The van der Waals surface area contributed by atoms with E-state index in [-0.39, 0.29) is 11.9 Å². The standard InChI is InChI=1S/C22H28N2O4/c1-24(2)20(16-6-9-18(26-3)10-7-16)15-23-22(25)13-8-17-14-19(27-4)11-12-21(17)28-5/h6-14,20H,15H2,1-5H3,(H,23,25)/b13-8+. The molecule has 2 rings (SSSR count). The van der Waals surface area contributed by atoms with Crippen LogP contribution in [0.4, 0.5) is 0 Å². The molecule has 2 aromatic rings. The maximum Gasteiger partial charge on any atom is 0.244 e. The molecule has 0 aromatic heterocycles. The van der Waals surface area contributed by atoms with Crippen LogP contribution in [0.15, 0.2) is 48.5 Å². The third-order valence-corrected chi connectivity index (χ3v) is 4.44. The molecule has 0 aliphatic rings. The summed E-state index contributed by atoms with van der Waals surface area (Å²) in [5, 5.41) is 2.96. The fraction of sp³-hybridized carbons (Fsp3) is 0.318.